The third-order valence-corrected chi connectivity index (χ3v) is 7.82. The lowest BCUT2D eigenvalue weighted by atomic mass is 10.0. The van der Waals surface area contributed by atoms with Gasteiger partial charge in [-0.05, 0) is 60.9 Å². The third-order valence-electron chi connectivity index (χ3n) is 7.82. The van der Waals surface area contributed by atoms with Crippen LogP contribution in [0.1, 0.15) is 48.4 Å². The molecule has 7 nitrogen and oxygen atoms in total. The van der Waals surface area contributed by atoms with Crippen LogP contribution in [0.25, 0.3) is 11.0 Å². The first kappa shape index (κ1) is 26.3. The van der Waals surface area contributed by atoms with Crippen molar-refractivity contribution in [3.8, 4) is 0 Å². The first-order valence-corrected chi connectivity index (χ1v) is 13.8. The monoisotopic (exact) mass is 548 g/mol. The van der Waals surface area contributed by atoms with Crippen molar-refractivity contribution in [2.24, 2.45) is 0 Å². The van der Waals surface area contributed by atoms with E-state index in [0.29, 0.717) is 22.7 Å². The zero-order valence-electron chi connectivity index (χ0n) is 22.0. The van der Waals surface area contributed by atoms with Crippen LogP contribution in [0.2, 0.25) is 0 Å². The van der Waals surface area contributed by atoms with Gasteiger partial charge in [0.15, 0.2) is 0 Å². The van der Waals surface area contributed by atoms with Crippen molar-refractivity contribution >= 4 is 28.4 Å². The van der Waals surface area contributed by atoms with E-state index in [0.717, 1.165) is 75.1 Å². The summed E-state index contributed by atoms with van der Waals surface area (Å²) in [5, 5.41) is 7.37. The highest BCUT2D eigenvalue weighted by Gasteiger charge is 2.30. The number of nitrogens with one attached hydrogen (secondary N) is 2. The molecule has 2 N–H and O–H groups in total. The maximum atomic E-state index is 13.8. The van der Waals surface area contributed by atoms with Gasteiger partial charge in [-0.1, -0.05) is 25.0 Å². The number of hydrogen-bond donors (Lipinski definition) is 2. The minimum atomic E-state index is -4.40. The van der Waals surface area contributed by atoms with Gasteiger partial charge >= 0.3 is 6.18 Å². The molecule has 6 rings (SSSR count). The molecule has 0 unspecified atom stereocenters. The maximum absolute atomic E-state index is 13.8. The Morgan fingerprint density at radius 2 is 1.68 bits per heavy atom. The van der Waals surface area contributed by atoms with Crippen molar-refractivity contribution in [3.05, 3.63) is 87.8 Å². The largest absolute Gasteiger partial charge is 0.416 e. The van der Waals surface area contributed by atoms with Crippen LogP contribution in [0.4, 0.5) is 30.5 Å². The molecule has 0 atom stereocenters. The van der Waals surface area contributed by atoms with E-state index in [1.807, 2.05) is 12.1 Å². The summed E-state index contributed by atoms with van der Waals surface area (Å²) < 4.78 is 40.8. The SMILES string of the molecule is O=c1c(Cc2ccc(C(F)(F)F)cc2)cc2cnc(Nc3ccc(N4CCNCC4)cc3)nc2n1C1CCCC1. The Bertz CT molecular complexity index is 1540. The second-order valence-corrected chi connectivity index (χ2v) is 10.5. The molecule has 2 fully saturated rings. The van der Waals surface area contributed by atoms with E-state index in [4.69, 9.17) is 4.98 Å². The summed E-state index contributed by atoms with van der Waals surface area (Å²) in [5.74, 6) is 0.407. The van der Waals surface area contributed by atoms with Crippen LogP contribution in [0.15, 0.2) is 65.6 Å². The lowest BCUT2D eigenvalue weighted by Crippen LogP contribution is -2.43. The van der Waals surface area contributed by atoms with Crippen molar-refractivity contribution in [3.63, 3.8) is 0 Å². The van der Waals surface area contributed by atoms with Gasteiger partial charge in [0.2, 0.25) is 5.95 Å². The fraction of sp³-hybridized carbons (Fsp3) is 0.367. The van der Waals surface area contributed by atoms with Gasteiger partial charge in [-0.15, -0.1) is 0 Å². The third kappa shape index (κ3) is 5.54. The number of rotatable bonds is 6. The lowest BCUT2D eigenvalue weighted by Gasteiger charge is -2.29. The Morgan fingerprint density at radius 3 is 2.35 bits per heavy atom. The molecule has 1 aliphatic heterocycles. The minimum absolute atomic E-state index is 0.0311. The average molecular weight is 549 g/mol. The molecule has 0 amide bonds. The van der Waals surface area contributed by atoms with E-state index in [9.17, 15) is 18.0 Å². The van der Waals surface area contributed by atoms with Crippen molar-refractivity contribution < 1.29 is 13.2 Å². The van der Waals surface area contributed by atoms with Crippen molar-refractivity contribution in [2.75, 3.05) is 36.4 Å². The van der Waals surface area contributed by atoms with E-state index in [-0.39, 0.29) is 18.0 Å². The average Bonchev–Trinajstić information content (AvgIpc) is 3.49. The van der Waals surface area contributed by atoms with Crippen LogP contribution < -0.4 is 21.1 Å². The first-order chi connectivity index (χ1) is 19.3. The maximum Gasteiger partial charge on any atom is 0.416 e. The summed E-state index contributed by atoms with van der Waals surface area (Å²) in [6, 6.07) is 15.0. The molecule has 40 heavy (non-hydrogen) atoms. The number of pyridine rings is 1. The molecule has 0 spiro atoms. The number of fused-ring (bicyclic) bond motifs is 1. The highest BCUT2D eigenvalue weighted by molar-refractivity contribution is 5.77. The molecule has 3 heterocycles. The van der Waals surface area contributed by atoms with Gasteiger partial charge in [-0.2, -0.15) is 18.2 Å². The zero-order valence-corrected chi connectivity index (χ0v) is 22.0. The zero-order chi connectivity index (χ0) is 27.7. The van der Waals surface area contributed by atoms with E-state index in [1.54, 1.807) is 16.8 Å². The second kappa shape index (κ2) is 10.9. The number of aromatic nitrogens is 3. The van der Waals surface area contributed by atoms with Crippen molar-refractivity contribution in [2.45, 2.75) is 44.3 Å². The Morgan fingerprint density at radius 1 is 0.975 bits per heavy atom. The van der Waals surface area contributed by atoms with Crippen molar-refractivity contribution in [1.82, 2.24) is 19.9 Å². The summed E-state index contributed by atoms with van der Waals surface area (Å²) in [5.41, 5.74) is 2.91. The molecule has 10 heteroatoms. The number of piperazine rings is 1. The quantitative estimate of drug-likeness (QED) is 0.324. The molecular formula is C30H31F3N6O. The Labute approximate surface area is 230 Å². The van der Waals surface area contributed by atoms with Crippen molar-refractivity contribution in [1.29, 1.82) is 0 Å². The lowest BCUT2D eigenvalue weighted by molar-refractivity contribution is -0.137. The van der Waals surface area contributed by atoms with Gasteiger partial charge in [0.25, 0.3) is 5.56 Å². The molecule has 208 valence electrons. The molecule has 2 aromatic carbocycles. The summed E-state index contributed by atoms with van der Waals surface area (Å²) in [6.07, 6.45) is 1.40. The predicted octanol–water partition coefficient (Wildman–Crippen LogP) is 5.67. The molecular weight excluding hydrogens is 517 g/mol. The van der Waals surface area contributed by atoms with Crippen LogP contribution in [-0.2, 0) is 12.6 Å². The molecule has 1 saturated heterocycles. The molecule has 0 bridgehead atoms. The van der Waals surface area contributed by atoms with Crippen LogP contribution >= 0.6 is 0 Å². The summed E-state index contributed by atoms with van der Waals surface area (Å²) >= 11 is 0. The summed E-state index contributed by atoms with van der Waals surface area (Å²) in [4.78, 5) is 25.4. The van der Waals surface area contributed by atoms with E-state index >= 15 is 0 Å². The molecule has 2 aliphatic rings. The standard InChI is InChI=1S/C30H31F3N6O/c31-30(32,33)23-7-5-20(6-8-23)17-21-18-22-19-35-29(37-27(22)39(28(21)40)26-3-1-2-4-26)36-24-9-11-25(12-10-24)38-15-13-34-14-16-38/h5-12,18-19,26,34H,1-4,13-17H2,(H,35,36,37). The fourth-order valence-electron chi connectivity index (χ4n) is 5.70. The summed E-state index contributed by atoms with van der Waals surface area (Å²) in [7, 11) is 0. The Hall–Kier alpha value is -3.92. The number of halogens is 3. The number of alkyl halides is 3. The molecule has 4 aromatic rings. The van der Waals surface area contributed by atoms with Gasteiger partial charge in [0.1, 0.15) is 5.65 Å². The number of hydrogen-bond acceptors (Lipinski definition) is 6. The second-order valence-electron chi connectivity index (χ2n) is 10.5. The highest BCUT2D eigenvalue weighted by Crippen LogP contribution is 2.32. The van der Waals surface area contributed by atoms with Gasteiger partial charge in [-0.25, -0.2) is 4.98 Å². The van der Waals surface area contributed by atoms with Gasteiger partial charge in [0, 0.05) is 67.2 Å². The Balaban J connectivity index is 1.30. The Kier molecular flexibility index (Phi) is 7.18. The van der Waals surface area contributed by atoms with Gasteiger partial charge in [-0.3, -0.25) is 9.36 Å². The predicted molar refractivity (Wildman–Crippen MR) is 150 cm³/mol. The smallest absolute Gasteiger partial charge is 0.369 e. The topological polar surface area (TPSA) is 75.1 Å². The first-order valence-electron chi connectivity index (χ1n) is 13.8. The molecule has 2 aromatic heterocycles. The van der Waals surface area contributed by atoms with Crippen LogP contribution in [-0.4, -0.2) is 40.7 Å². The minimum Gasteiger partial charge on any atom is -0.369 e. The van der Waals surface area contributed by atoms with E-state index in [2.05, 4.69) is 32.7 Å². The molecule has 1 saturated carbocycles. The molecule has 1 aliphatic carbocycles. The fourth-order valence-corrected chi connectivity index (χ4v) is 5.70. The molecule has 0 radical (unpaired) electrons. The highest BCUT2D eigenvalue weighted by atomic mass is 19.4. The van der Waals surface area contributed by atoms with E-state index in [1.165, 1.54) is 17.8 Å². The van der Waals surface area contributed by atoms with Crippen LogP contribution in [0, 0.1) is 0 Å². The summed E-state index contributed by atoms with van der Waals surface area (Å²) in [6.45, 7) is 3.89. The van der Waals surface area contributed by atoms with Crippen LogP contribution in [0.3, 0.4) is 0 Å². The van der Waals surface area contributed by atoms with E-state index < -0.39 is 11.7 Å². The van der Waals surface area contributed by atoms with Crippen LogP contribution in [0.5, 0.6) is 0 Å². The number of anilines is 3. The van der Waals surface area contributed by atoms with Gasteiger partial charge < -0.3 is 15.5 Å². The number of benzene rings is 2. The van der Waals surface area contributed by atoms with Gasteiger partial charge in [0.05, 0.1) is 5.56 Å². The normalized spacial score (nSPS) is 16.5. The number of nitrogens with zero attached hydrogens (tertiary/aromatic N) is 4.